The van der Waals surface area contributed by atoms with E-state index in [4.69, 9.17) is 16.3 Å². The third kappa shape index (κ3) is 3.85. The molecule has 0 bridgehead atoms. The van der Waals surface area contributed by atoms with Crippen LogP contribution in [0.1, 0.15) is 10.4 Å². The molecule has 0 saturated carbocycles. The third-order valence-corrected chi connectivity index (χ3v) is 4.49. The molecule has 0 saturated heterocycles. The summed E-state index contributed by atoms with van der Waals surface area (Å²) in [7, 11) is 0. The molecular formula is C19H13ClO3S. The molecule has 1 N–H and O–H groups in total. The van der Waals surface area contributed by atoms with Gasteiger partial charge in [-0.15, -0.1) is 11.3 Å². The number of benzene rings is 2. The molecule has 0 amide bonds. The molecule has 0 aliphatic carbocycles. The number of thiophene rings is 1. The van der Waals surface area contributed by atoms with Gasteiger partial charge in [-0.2, -0.15) is 0 Å². The summed E-state index contributed by atoms with van der Waals surface area (Å²) in [5, 5.41) is 11.8. The molecule has 120 valence electrons. The molecule has 3 nitrogen and oxygen atoms in total. The highest BCUT2D eigenvalue weighted by Gasteiger charge is 2.11. The zero-order valence-corrected chi connectivity index (χ0v) is 14.1. The van der Waals surface area contributed by atoms with Crippen molar-refractivity contribution in [2.45, 2.75) is 0 Å². The highest BCUT2D eigenvalue weighted by molar-refractivity contribution is 7.11. The van der Waals surface area contributed by atoms with Gasteiger partial charge in [-0.25, -0.2) is 4.79 Å². The summed E-state index contributed by atoms with van der Waals surface area (Å²) in [6.07, 6.45) is 1.65. The van der Waals surface area contributed by atoms with Gasteiger partial charge in [0.1, 0.15) is 11.5 Å². The van der Waals surface area contributed by atoms with E-state index in [1.165, 1.54) is 11.3 Å². The average molecular weight is 357 g/mol. The predicted octanol–water partition coefficient (Wildman–Crippen LogP) is 5.82. The first-order valence-electron chi connectivity index (χ1n) is 7.15. The molecule has 0 radical (unpaired) electrons. The summed E-state index contributed by atoms with van der Waals surface area (Å²) in [5.74, 6) is 0.259. The van der Waals surface area contributed by atoms with E-state index in [2.05, 4.69) is 0 Å². The highest BCUT2D eigenvalue weighted by atomic mass is 35.5. The van der Waals surface area contributed by atoms with Crippen molar-refractivity contribution >= 4 is 40.6 Å². The van der Waals surface area contributed by atoms with Crippen molar-refractivity contribution < 1.29 is 14.6 Å². The Kier molecular flexibility index (Phi) is 4.99. The number of hydrogen-bond donors (Lipinski definition) is 1. The fourth-order valence-corrected chi connectivity index (χ4v) is 3.03. The second-order valence-electron chi connectivity index (χ2n) is 4.94. The average Bonchev–Trinajstić information content (AvgIpc) is 3.10. The summed E-state index contributed by atoms with van der Waals surface area (Å²) in [6, 6.07) is 18.0. The minimum atomic E-state index is -0.950. The number of rotatable bonds is 5. The lowest BCUT2D eigenvalue weighted by atomic mass is 10.1. The van der Waals surface area contributed by atoms with Crippen LogP contribution in [0.2, 0.25) is 5.02 Å². The van der Waals surface area contributed by atoms with E-state index in [0.29, 0.717) is 16.5 Å². The smallest absolute Gasteiger partial charge is 0.337 e. The molecule has 1 heterocycles. The summed E-state index contributed by atoms with van der Waals surface area (Å²) >= 11 is 7.46. The second kappa shape index (κ2) is 7.34. The molecule has 5 heteroatoms. The van der Waals surface area contributed by atoms with Crippen LogP contribution in [0.5, 0.6) is 11.5 Å². The standard InChI is InChI=1S/C19H13ClO3S/c20-16-4-1-2-5-17(16)23-14-9-7-13(8-10-14)12-15(19(21)22)18-6-3-11-24-18/h1-12H,(H,21,22)/b15-12-. The summed E-state index contributed by atoms with van der Waals surface area (Å²) in [5.41, 5.74) is 1.05. The third-order valence-electron chi connectivity index (χ3n) is 3.27. The lowest BCUT2D eigenvalue weighted by Crippen LogP contribution is -1.97. The quantitative estimate of drug-likeness (QED) is 0.586. The molecule has 0 atom stereocenters. The van der Waals surface area contributed by atoms with Crippen LogP contribution in [0.25, 0.3) is 11.6 Å². The number of aliphatic carboxylic acids is 1. The minimum absolute atomic E-state index is 0.268. The number of carboxylic acid groups (broad SMARTS) is 1. The molecule has 0 spiro atoms. The number of ether oxygens (including phenoxy) is 1. The maximum absolute atomic E-state index is 11.4. The van der Waals surface area contributed by atoms with Gasteiger partial charge in [0.15, 0.2) is 0 Å². The van der Waals surface area contributed by atoms with Crippen molar-refractivity contribution in [2.24, 2.45) is 0 Å². The van der Waals surface area contributed by atoms with Gasteiger partial charge in [0.05, 0.1) is 10.6 Å². The number of carbonyl (C=O) groups is 1. The Morgan fingerprint density at radius 2 is 1.79 bits per heavy atom. The van der Waals surface area contributed by atoms with E-state index in [0.717, 1.165) is 10.4 Å². The zero-order chi connectivity index (χ0) is 16.9. The maximum Gasteiger partial charge on any atom is 0.337 e. The summed E-state index contributed by atoms with van der Waals surface area (Å²) < 4.78 is 5.72. The first-order valence-corrected chi connectivity index (χ1v) is 8.40. The van der Waals surface area contributed by atoms with Crippen molar-refractivity contribution in [2.75, 3.05) is 0 Å². The van der Waals surface area contributed by atoms with Gasteiger partial charge >= 0.3 is 5.97 Å². The lowest BCUT2D eigenvalue weighted by molar-refractivity contribution is -0.130. The Bertz CT molecular complexity index is 868. The van der Waals surface area contributed by atoms with Gasteiger partial charge in [0, 0.05) is 4.88 Å². The Balaban J connectivity index is 1.83. The van der Waals surface area contributed by atoms with E-state index < -0.39 is 5.97 Å². The van der Waals surface area contributed by atoms with Crippen LogP contribution in [0, 0.1) is 0 Å². The van der Waals surface area contributed by atoms with Gasteiger partial charge in [-0.3, -0.25) is 0 Å². The Labute approximate surface area is 148 Å². The van der Waals surface area contributed by atoms with Crippen molar-refractivity contribution in [3.63, 3.8) is 0 Å². The van der Waals surface area contributed by atoms with Crippen LogP contribution in [0.15, 0.2) is 66.0 Å². The maximum atomic E-state index is 11.4. The number of para-hydroxylation sites is 1. The molecule has 0 aliphatic heterocycles. The van der Waals surface area contributed by atoms with Crippen LogP contribution in [0.4, 0.5) is 0 Å². The van der Waals surface area contributed by atoms with Crippen molar-refractivity contribution in [3.05, 3.63) is 81.5 Å². The van der Waals surface area contributed by atoms with Crippen molar-refractivity contribution in [3.8, 4) is 11.5 Å². The number of carboxylic acids is 1. The molecule has 3 aromatic rings. The molecule has 3 rings (SSSR count). The molecule has 2 aromatic carbocycles. The van der Waals surface area contributed by atoms with E-state index in [9.17, 15) is 9.90 Å². The SMILES string of the molecule is O=C(O)/C(=C\c1ccc(Oc2ccccc2Cl)cc1)c1cccs1. The van der Waals surface area contributed by atoms with Gasteiger partial charge in [-0.1, -0.05) is 41.9 Å². The van der Waals surface area contributed by atoms with E-state index in [1.54, 1.807) is 36.4 Å². The number of hydrogen-bond acceptors (Lipinski definition) is 3. The van der Waals surface area contributed by atoms with Gasteiger partial charge in [-0.05, 0) is 47.4 Å². The fraction of sp³-hybridized carbons (Fsp3) is 0. The van der Waals surface area contributed by atoms with Crippen molar-refractivity contribution in [1.82, 2.24) is 0 Å². The van der Waals surface area contributed by atoms with Gasteiger partial charge < -0.3 is 9.84 Å². The predicted molar refractivity (Wildman–Crippen MR) is 97.8 cm³/mol. The topological polar surface area (TPSA) is 46.5 Å². The van der Waals surface area contributed by atoms with E-state index in [1.807, 2.05) is 35.7 Å². The van der Waals surface area contributed by atoms with E-state index in [-0.39, 0.29) is 5.57 Å². The second-order valence-corrected chi connectivity index (χ2v) is 6.30. The molecule has 0 aliphatic rings. The highest BCUT2D eigenvalue weighted by Crippen LogP contribution is 2.29. The molecule has 1 aromatic heterocycles. The molecular weight excluding hydrogens is 344 g/mol. The van der Waals surface area contributed by atoms with Crippen molar-refractivity contribution in [1.29, 1.82) is 0 Å². The van der Waals surface area contributed by atoms with Crippen LogP contribution in [-0.4, -0.2) is 11.1 Å². The first kappa shape index (κ1) is 16.3. The van der Waals surface area contributed by atoms with Gasteiger partial charge in [0.25, 0.3) is 0 Å². The van der Waals surface area contributed by atoms with E-state index >= 15 is 0 Å². The van der Waals surface area contributed by atoms with Gasteiger partial charge in [0.2, 0.25) is 0 Å². The monoisotopic (exact) mass is 356 g/mol. The van der Waals surface area contributed by atoms with Crippen LogP contribution >= 0.6 is 22.9 Å². The molecule has 0 unspecified atom stereocenters. The summed E-state index contributed by atoms with van der Waals surface area (Å²) in [4.78, 5) is 12.2. The Hall–Kier alpha value is -2.56. The Morgan fingerprint density at radius 1 is 1.04 bits per heavy atom. The minimum Gasteiger partial charge on any atom is -0.478 e. The normalized spacial score (nSPS) is 11.3. The molecule has 24 heavy (non-hydrogen) atoms. The fourth-order valence-electron chi connectivity index (χ4n) is 2.12. The zero-order valence-electron chi connectivity index (χ0n) is 12.5. The molecule has 0 fully saturated rings. The largest absolute Gasteiger partial charge is 0.478 e. The lowest BCUT2D eigenvalue weighted by Gasteiger charge is -2.07. The first-order chi connectivity index (χ1) is 11.6. The Morgan fingerprint density at radius 3 is 2.42 bits per heavy atom. The summed E-state index contributed by atoms with van der Waals surface area (Å²) in [6.45, 7) is 0. The van der Waals surface area contributed by atoms with Crippen LogP contribution in [0.3, 0.4) is 0 Å². The van der Waals surface area contributed by atoms with Crippen LogP contribution < -0.4 is 4.74 Å². The number of halogens is 1. The van der Waals surface area contributed by atoms with Crippen LogP contribution in [-0.2, 0) is 4.79 Å².